The second kappa shape index (κ2) is 6.21. The molecule has 0 unspecified atom stereocenters. The fraction of sp³-hybridized carbons (Fsp3) is 0.231. The second-order valence-corrected chi connectivity index (χ2v) is 5.22. The number of aryl methyl sites for hydroxylation is 1. The zero-order valence-corrected chi connectivity index (χ0v) is 11.8. The van der Waals surface area contributed by atoms with Gasteiger partial charge < -0.3 is 0 Å². The molecule has 3 nitrogen and oxygen atoms in total. The second-order valence-electron chi connectivity index (χ2n) is 3.80. The van der Waals surface area contributed by atoms with E-state index < -0.39 is 0 Å². The topological polar surface area (TPSA) is 34.9 Å². The molecule has 100 valence electrons. The van der Waals surface area contributed by atoms with Crippen LogP contribution < -0.4 is 0 Å². The molecule has 0 aliphatic heterocycles. The SMILES string of the molecule is CCn1ncc(Cl)c1C(=O)CSc1ccccc1F. The van der Waals surface area contributed by atoms with Crippen molar-refractivity contribution in [1.82, 2.24) is 9.78 Å². The highest BCUT2D eigenvalue weighted by atomic mass is 35.5. The van der Waals surface area contributed by atoms with Gasteiger partial charge in [-0.1, -0.05) is 23.7 Å². The Hall–Kier alpha value is -1.33. The normalized spacial score (nSPS) is 10.7. The lowest BCUT2D eigenvalue weighted by Gasteiger charge is -2.05. The van der Waals surface area contributed by atoms with Crippen molar-refractivity contribution >= 4 is 29.1 Å². The van der Waals surface area contributed by atoms with Gasteiger partial charge in [0.15, 0.2) is 5.78 Å². The fourth-order valence-corrected chi connectivity index (χ4v) is 2.70. The van der Waals surface area contributed by atoms with E-state index in [0.717, 1.165) is 11.8 Å². The molecule has 0 N–H and O–H groups in total. The number of nitrogens with zero attached hydrogens (tertiary/aromatic N) is 2. The molecule has 2 rings (SSSR count). The zero-order chi connectivity index (χ0) is 13.8. The molecule has 1 aromatic carbocycles. The third kappa shape index (κ3) is 3.16. The number of hydrogen-bond donors (Lipinski definition) is 0. The molecule has 0 amide bonds. The number of carbonyl (C=O) groups is 1. The standard InChI is InChI=1S/C13H12ClFN2OS/c1-2-17-13(9(14)7-16-17)11(18)8-19-12-6-4-3-5-10(12)15/h3-7H,2,8H2,1H3. The van der Waals surface area contributed by atoms with Gasteiger partial charge in [0.05, 0.1) is 17.0 Å². The number of carbonyl (C=O) groups excluding carboxylic acids is 1. The number of thioether (sulfide) groups is 1. The summed E-state index contributed by atoms with van der Waals surface area (Å²) in [6, 6.07) is 6.37. The maximum atomic E-state index is 13.4. The van der Waals surface area contributed by atoms with Gasteiger partial charge in [-0.15, -0.1) is 11.8 Å². The molecule has 6 heteroatoms. The predicted octanol–water partition coefficient (Wildman–Crippen LogP) is 3.67. The lowest BCUT2D eigenvalue weighted by Crippen LogP contribution is -2.12. The van der Waals surface area contributed by atoms with E-state index in [2.05, 4.69) is 5.10 Å². The first-order valence-corrected chi connectivity index (χ1v) is 7.11. The molecule has 0 bridgehead atoms. The summed E-state index contributed by atoms with van der Waals surface area (Å²) >= 11 is 7.10. The molecule has 0 aliphatic carbocycles. The van der Waals surface area contributed by atoms with Crippen LogP contribution in [0.4, 0.5) is 4.39 Å². The Morgan fingerprint density at radius 2 is 2.21 bits per heavy atom. The monoisotopic (exact) mass is 298 g/mol. The molecule has 0 fully saturated rings. The van der Waals surface area contributed by atoms with Crippen LogP contribution in [0, 0.1) is 5.82 Å². The summed E-state index contributed by atoms with van der Waals surface area (Å²) in [6.07, 6.45) is 1.45. The fourth-order valence-electron chi connectivity index (χ4n) is 1.65. The van der Waals surface area contributed by atoms with Crippen LogP contribution in [0.25, 0.3) is 0 Å². The lowest BCUT2D eigenvalue weighted by molar-refractivity contribution is 0.101. The van der Waals surface area contributed by atoms with Crippen molar-refractivity contribution in [2.24, 2.45) is 0 Å². The third-order valence-corrected chi connectivity index (χ3v) is 3.88. The van der Waals surface area contributed by atoms with Gasteiger partial charge in [0.25, 0.3) is 0 Å². The molecule has 0 aliphatic rings. The van der Waals surface area contributed by atoms with Crippen molar-refractivity contribution in [1.29, 1.82) is 0 Å². The molecular formula is C13H12ClFN2OS. The van der Waals surface area contributed by atoms with Crippen molar-refractivity contribution in [3.8, 4) is 0 Å². The minimum atomic E-state index is -0.324. The van der Waals surface area contributed by atoms with Gasteiger partial charge in [-0.25, -0.2) is 4.39 Å². The first-order chi connectivity index (χ1) is 9.13. The Morgan fingerprint density at radius 3 is 2.89 bits per heavy atom. The molecule has 0 radical (unpaired) electrons. The van der Waals surface area contributed by atoms with Gasteiger partial charge in [-0.3, -0.25) is 9.48 Å². The van der Waals surface area contributed by atoms with Crippen LogP contribution in [-0.2, 0) is 6.54 Å². The molecule has 1 aromatic heterocycles. The number of ketones is 1. The zero-order valence-electron chi connectivity index (χ0n) is 10.3. The summed E-state index contributed by atoms with van der Waals surface area (Å²) in [6.45, 7) is 2.45. The van der Waals surface area contributed by atoms with E-state index in [9.17, 15) is 9.18 Å². The highest BCUT2D eigenvalue weighted by molar-refractivity contribution is 8.00. The number of Topliss-reactive ketones (excluding diaryl/α,β-unsaturated/α-hetero) is 1. The quantitative estimate of drug-likeness (QED) is 0.624. The Kier molecular flexibility index (Phi) is 4.61. The van der Waals surface area contributed by atoms with Gasteiger partial charge in [0.2, 0.25) is 0 Å². The molecule has 19 heavy (non-hydrogen) atoms. The van der Waals surface area contributed by atoms with E-state index >= 15 is 0 Å². The largest absolute Gasteiger partial charge is 0.291 e. The lowest BCUT2D eigenvalue weighted by atomic mass is 10.3. The average molecular weight is 299 g/mol. The van der Waals surface area contributed by atoms with Crippen molar-refractivity contribution < 1.29 is 9.18 Å². The van der Waals surface area contributed by atoms with Crippen molar-refractivity contribution in [3.63, 3.8) is 0 Å². The van der Waals surface area contributed by atoms with Crippen molar-refractivity contribution in [2.75, 3.05) is 5.75 Å². The summed E-state index contributed by atoms with van der Waals surface area (Å²) in [4.78, 5) is 12.6. The van der Waals surface area contributed by atoms with E-state index in [-0.39, 0.29) is 17.4 Å². The number of halogens is 2. The number of aromatic nitrogens is 2. The van der Waals surface area contributed by atoms with Crippen LogP contribution in [0.2, 0.25) is 5.02 Å². The summed E-state index contributed by atoms with van der Waals surface area (Å²) < 4.78 is 15.0. The van der Waals surface area contributed by atoms with Crippen LogP contribution in [-0.4, -0.2) is 21.3 Å². The van der Waals surface area contributed by atoms with Gasteiger partial charge in [0, 0.05) is 11.4 Å². The van der Waals surface area contributed by atoms with Gasteiger partial charge >= 0.3 is 0 Å². The van der Waals surface area contributed by atoms with Gasteiger partial charge in [0.1, 0.15) is 11.5 Å². The minimum Gasteiger partial charge on any atom is -0.291 e. The van der Waals surface area contributed by atoms with Crippen LogP contribution >= 0.6 is 23.4 Å². The molecule has 1 heterocycles. The molecule has 0 spiro atoms. The Balaban J connectivity index is 2.10. The van der Waals surface area contributed by atoms with E-state index in [1.54, 1.807) is 22.9 Å². The Labute approximate surface area is 119 Å². The highest BCUT2D eigenvalue weighted by Gasteiger charge is 2.17. The summed E-state index contributed by atoms with van der Waals surface area (Å²) in [7, 11) is 0. The van der Waals surface area contributed by atoms with Crippen molar-refractivity contribution in [3.05, 3.63) is 47.0 Å². The van der Waals surface area contributed by atoms with E-state index in [1.807, 2.05) is 6.92 Å². The van der Waals surface area contributed by atoms with Crippen LogP contribution in [0.15, 0.2) is 35.4 Å². The van der Waals surface area contributed by atoms with Crippen molar-refractivity contribution in [2.45, 2.75) is 18.4 Å². The maximum Gasteiger partial charge on any atom is 0.192 e. The van der Waals surface area contributed by atoms with Crippen LogP contribution in [0.5, 0.6) is 0 Å². The van der Waals surface area contributed by atoms with E-state index in [4.69, 9.17) is 11.6 Å². The molecular weight excluding hydrogens is 287 g/mol. The number of hydrogen-bond acceptors (Lipinski definition) is 3. The first kappa shape index (κ1) is 14.1. The molecule has 0 atom stereocenters. The predicted molar refractivity (Wildman–Crippen MR) is 74.4 cm³/mol. The highest BCUT2D eigenvalue weighted by Crippen LogP contribution is 2.24. The Morgan fingerprint density at radius 1 is 1.47 bits per heavy atom. The summed E-state index contributed by atoms with van der Waals surface area (Å²) in [5, 5.41) is 4.34. The number of rotatable bonds is 5. The maximum absolute atomic E-state index is 13.4. The van der Waals surface area contributed by atoms with Gasteiger partial charge in [-0.2, -0.15) is 5.10 Å². The molecule has 2 aromatic rings. The number of benzene rings is 1. The Bertz CT molecular complexity index is 600. The van der Waals surface area contributed by atoms with Crippen LogP contribution in [0.3, 0.4) is 0 Å². The minimum absolute atomic E-state index is 0.131. The molecule has 0 saturated carbocycles. The van der Waals surface area contributed by atoms with Gasteiger partial charge in [-0.05, 0) is 19.1 Å². The van der Waals surface area contributed by atoms with E-state index in [0.29, 0.717) is 22.2 Å². The summed E-state index contributed by atoms with van der Waals surface area (Å²) in [5.41, 5.74) is 0.382. The van der Waals surface area contributed by atoms with Crippen LogP contribution in [0.1, 0.15) is 17.4 Å². The third-order valence-electron chi connectivity index (χ3n) is 2.55. The molecule has 0 saturated heterocycles. The first-order valence-electron chi connectivity index (χ1n) is 5.75. The summed E-state index contributed by atoms with van der Waals surface area (Å²) in [5.74, 6) is -0.347. The smallest absolute Gasteiger partial charge is 0.192 e. The van der Waals surface area contributed by atoms with E-state index in [1.165, 1.54) is 12.3 Å². The average Bonchev–Trinajstić information content (AvgIpc) is 2.78.